The van der Waals surface area contributed by atoms with Crippen molar-refractivity contribution in [1.82, 2.24) is 5.32 Å². The maximum Gasteiger partial charge on any atom is 0.0144 e. The van der Waals surface area contributed by atoms with Gasteiger partial charge in [-0.1, -0.05) is 40.0 Å². The predicted molar refractivity (Wildman–Crippen MR) is 76.3 cm³/mol. The molecule has 0 spiro atoms. The quantitative estimate of drug-likeness (QED) is 0.723. The van der Waals surface area contributed by atoms with Gasteiger partial charge in [0, 0.05) is 17.8 Å². The van der Waals surface area contributed by atoms with Crippen LogP contribution in [0.2, 0.25) is 0 Å². The summed E-state index contributed by atoms with van der Waals surface area (Å²) >= 11 is 2.13. The van der Waals surface area contributed by atoms with Crippen LogP contribution in [-0.4, -0.2) is 23.6 Å². The molecule has 1 saturated carbocycles. The van der Waals surface area contributed by atoms with Gasteiger partial charge in [0.25, 0.3) is 0 Å². The molecular weight excluding hydrogens is 214 g/mol. The zero-order valence-electron chi connectivity index (χ0n) is 11.3. The second-order valence-electron chi connectivity index (χ2n) is 5.61. The van der Waals surface area contributed by atoms with E-state index in [0.717, 1.165) is 17.2 Å². The highest BCUT2D eigenvalue weighted by atomic mass is 32.2. The summed E-state index contributed by atoms with van der Waals surface area (Å²) in [5, 5.41) is 4.52. The highest BCUT2D eigenvalue weighted by Gasteiger charge is 2.13. The molecule has 0 heterocycles. The molecule has 0 bridgehead atoms. The molecule has 1 nitrogen and oxygen atoms in total. The van der Waals surface area contributed by atoms with Crippen LogP contribution in [0.4, 0.5) is 0 Å². The van der Waals surface area contributed by atoms with E-state index in [1.165, 1.54) is 50.8 Å². The smallest absolute Gasteiger partial charge is 0.0144 e. The van der Waals surface area contributed by atoms with Gasteiger partial charge in [-0.25, -0.2) is 0 Å². The third-order valence-electron chi connectivity index (χ3n) is 3.40. The molecule has 0 aromatic carbocycles. The van der Waals surface area contributed by atoms with Crippen molar-refractivity contribution in [2.24, 2.45) is 5.92 Å². The van der Waals surface area contributed by atoms with E-state index < -0.39 is 0 Å². The van der Waals surface area contributed by atoms with Crippen LogP contribution in [-0.2, 0) is 0 Å². The minimum absolute atomic E-state index is 0.778. The zero-order valence-corrected chi connectivity index (χ0v) is 12.1. The Morgan fingerprint density at radius 3 is 2.44 bits per heavy atom. The summed E-state index contributed by atoms with van der Waals surface area (Å²) < 4.78 is 0. The van der Waals surface area contributed by atoms with Crippen LogP contribution in [0.5, 0.6) is 0 Å². The first-order valence-corrected chi connectivity index (χ1v) is 8.08. The van der Waals surface area contributed by atoms with Gasteiger partial charge in [0.2, 0.25) is 0 Å². The molecule has 0 aromatic heterocycles. The van der Waals surface area contributed by atoms with Crippen LogP contribution in [0.15, 0.2) is 0 Å². The summed E-state index contributed by atoms with van der Waals surface area (Å²) in [5.74, 6) is 2.18. The summed E-state index contributed by atoms with van der Waals surface area (Å²) in [7, 11) is 0. The van der Waals surface area contributed by atoms with Crippen LogP contribution >= 0.6 is 11.8 Å². The summed E-state index contributed by atoms with van der Waals surface area (Å²) in [4.78, 5) is 0. The van der Waals surface area contributed by atoms with Gasteiger partial charge >= 0.3 is 0 Å². The van der Waals surface area contributed by atoms with Gasteiger partial charge in [-0.15, -0.1) is 0 Å². The van der Waals surface area contributed by atoms with E-state index in [-0.39, 0.29) is 0 Å². The van der Waals surface area contributed by atoms with E-state index in [0.29, 0.717) is 0 Å². The van der Waals surface area contributed by atoms with Gasteiger partial charge in [0.15, 0.2) is 0 Å². The van der Waals surface area contributed by atoms with Gasteiger partial charge in [-0.3, -0.25) is 0 Å². The van der Waals surface area contributed by atoms with E-state index in [2.05, 4.69) is 37.8 Å². The van der Waals surface area contributed by atoms with Crippen LogP contribution in [0.1, 0.15) is 59.3 Å². The predicted octanol–water partition coefficient (Wildman–Crippen LogP) is 4.08. The Bertz CT molecular complexity index is 164. The molecule has 0 aliphatic heterocycles. The molecule has 1 rings (SSSR count). The zero-order chi connectivity index (χ0) is 11.8. The number of nitrogens with one attached hydrogen (secondary N) is 1. The standard InChI is InChI=1S/C14H29NS/c1-12(2)9-10-16-13(3)11-15-14-7-5-4-6-8-14/h12-15H,4-11H2,1-3H3. The third kappa shape index (κ3) is 6.80. The second-order valence-corrected chi connectivity index (χ2v) is 7.15. The Kier molecular flexibility index (Phi) is 7.55. The molecule has 0 amide bonds. The first-order valence-electron chi connectivity index (χ1n) is 7.03. The van der Waals surface area contributed by atoms with E-state index in [1.807, 2.05) is 0 Å². The Morgan fingerprint density at radius 2 is 1.81 bits per heavy atom. The van der Waals surface area contributed by atoms with Gasteiger partial charge in [-0.2, -0.15) is 11.8 Å². The summed E-state index contributed by atoms with van der Waals surface area (Å²) in [6.45, 7) is 8.19. The average Bonchev–Trinajstić information content (AvgIpc) is 2.27. The molecule has 96 valence electrons. The topological polar surface area (TPSA) is 12.0 Å². The van der Waals surface area contributed by atoms with Crippen molar-refractivity contribution in [2.75, 3.05) is 12.3 Å². The van der Waals surface area contributed by atoms with E-state index in [9.17, 15) is 0 Å². The summed E-state index contributed by atoms with van der Waals surface area (Å²) in [6, 6.07) is 0.821. The molecule has 1 fully saturated rings. The Balaban J connectivity index is 1.98. The molecule has 1 atom stereocenters. The maximum atomic E-state index is 3.74. The van der Waals surface area contributed by atoms with Crippen LogP contribution in [0, 0.1) is 5.92 Å². The average molecular weight is 243 g/mol. The maximum absolute atomic E-state index is 3.74. The van der Waals surface area contributed by atoms with Gasteiger partial charge < -0.3 is 5.32 Å². The molecule has 2 heteroatoms. The summed E-state index contributed by atoms with van der Waals surface area (Å²) in [5.41, 5.74) is 0. The fourth-order valence-electron chi connectivity index (χ4n) is 2.20. The fourth-order valence-corrected chi connectivity index (χ4v) is 3.43. The molecule has 1 N–H and O–H groups in total. The van der Waals surface area contributed by atoms with Crippen molar-refractivity contribution < 1.29 is 0 Å². The van der Waals surface area contributed by atoms with Crippen LogP contribution in [0.25, 0.3) is 0 Å². The summed E-state index contributed by atoms with van der Waals surface area (Å²) in [6.07, 6.45) is 8.50. The van der Waals surface area contributed by atoms with Crippen molar-refractivity contribution >= 4 is 11.8 Å². The van der Waals surface area contributed by atoms with Gasteiger partial charge in [0.1, 0.15) is 0 Å². The van der Waals surface area contributed by atoms with Crippen molar-refractivity contribution in [3.63, 3.8) is 0 Å². The molecule has 1 aliphatic carbocycles. The number of hydrogen-bond donors (Lipinski definition) is 1. The Morgan fingerprint density at radius 1 is 1.12 bits per heavy atom. The van der Waals surface area contributed by atoms with Crippen molar-refractivity contribution in [3.8, 4) is 0 Å². The lowest BCUT2D eigenvalue weighted by molar-refractivity contribution is 0.375. The number of hydrogen-bond acceptors (Lipinski definition) is 2. The lowest BCUT2D eigenvalue weighted by Gasteiger charge is -2.24. The molecule has 1 unspecified atom stereocenters. The minimum Gasteiger partial charge on any atom is -0.313 e. The molecule has 0 saturated heterocycles. The first kappa shape index (κ1) is 14.4. The first-order chi connectivity index (χ1) is 7.68. The Hall–Kier alpha value is 0.310. The minimum atomic E-state index is 0.778. The lowest BCUT2D eigenvalue weighted by Crippen LogP contribution is -2.35. The van der Waals surface area contributed by atoms with E-state index in [1.54, 1.807) is 0 Å². The van der Waals surface area contributed by atoms with Crippen LogP contribution in [0.3, 0.4) is 0 Å². The molecular formula is C14H29NS. The van der Waals surface area contributed by atoms with Crippen molar-refractivity contribution in [2.45, 2.75) is 70.6 Å². The molecule has 0 radical (unpaired) electrons. The third-order valence-corrected chi connectivity index (χ3v) is 4.60. The number of thioether (sulfide) groups is 1. The molecule has 0 aromatic rings. The fraction of sp³-hybridized carbons (Fsp3) is 1.00. The molecule has 1 aliphatic rings. The van der Waals surface area contributed by atoms with Gasteiger partial charge in [-0.05, 0) is 30.9 Å². The molecule has 16 heavy (non-hydrogen) atoms. The van der Waals surface area contributed by atoms with Crippen LogP contribution < -0.4 is 5.32 Å². The van der Waals surface area contributed by atoms with Gasteiger partial charge in [0.05, 0.1) is 0 Å². The highest BCUT2D eigenvalue weighted by molar-refractivity contribution is 7.99. The van der Waals surface area contributed by atoms with E-state index in [4.69, 9.17) is 0 Å². The SMILES string of the molecule is CC(C)CCSC(C)CNC1CCCCC1. The lowest BCUT2D eigenvalue weighted by atomic mass is 9.95. The normalized spacial score (nSPS) is 20.2. The largest absolute Gasteiger partial charge is 0.313 e. The Labute approximate surface area is 106 Å². The highest BCUT2D eigenvalue weighted by Crippen LogP contribution is 2.19. The van der Waals surface area contributed by atoms with Crippen molar-refractivity contribution in [1.29, 1.82) is 0 Å². The second kappa shape index (κ2) is 8.41. The van der Waals surface area contributed by atoms with E-state index >= 15 is 0 Å². The van der Waals surface area contributed by atoms with Crippen molar-refractivity contribution in [3.05, 3.63) is 0 Å². The monoisotopic (exact) mass is 243 g/mol. The number of rotatable bonds is 7.